The average Bonchev–Trinajstić information content (AvgIpc) is 2.38. The van der Waals surface area contributed by atoms with Gasteiger partial charge in [-0.25, -0.2) is 8.42 Å². The molecule has 0 heterocycles. The standard InChI is InChI=1S/C14H32N2O2S/c1-5-9-16(14(7-3,8-4)13-15)10-12-19(17,18)11-6-2/h5-13,15H2,1-4H3. The summed E-state index contributed by atoms with van der Waals surface area (Å²) in [4.78, 5) is 2.29. The van der Waals surface area contributed by atoms with E-state index in [4.69, 9.17) is 5.73 Å². The van der Waals surface area contributed by atoms with Crippen LogP contribution in [0.1, 0.15) is 53.4 Å². The molecule has 0 unspecified atom stereocenters. The Hall–Kier alpha value is -0.130. The lowest BCUT2D eigenvalue weighted by atomic mass is 9.90. The third-order valence-electron chi connectivity index (χ3n) is 4.05. The molecule has 0 saturated carbocycles. The quantitative estimate of drug-likeness (QED) is 0.633. The zero-order valence-corrected chi connectivity index (χ0v) is 13.9. The van der Waals surface area contributed by atoms with E-state index in [1.54, 1.807) is 0 Å². The number of rotatable bonds is 11. The molecule has 0 bridgehead atoms. The molecule has 0 aliphatic rings. The Morgan fingerprint density at radius 2 is 1.53 bits per heavy atom. The molecule has 0 aliphatic carbocycles. The number of hydrogen-bond donors (Lipinski definition) is 1. The van der Waals surface area contributed by atoms with Gasteiger partial charge in [-0.15, -0.1) is 0 Å². The summed E-state index contributed by atoms with van der Waals surface area (Å²) in [5.74, 6) is 0.545. The van der Waals surface area contributed by atoms with E-state index in [0.717, 1.165) is 25.8 Å². The highest BCUT2D eigenvalue weighted by Crippen LogP contribution is 2.23. The first-order valence-corrected chi connectivity index (χ1v) is 9.39. The summed E-state index contributed by atoms with van der Waals surface area (Å²) in [6.45, 7) is 10.4. The second-order valence-electron chi connectivity index (χ2n) is 5.27. The molecular weight excluding hydrogens is 260 g/mol. The molecule has 0 amide bonds. The molecule has 0 spiro atoms. The molecule has 2 N–H and O–H groups in total. The fourth-order valence-electron chi connectivity index (χ4n) is 2.63. The Labute approximate surface area is 119 Å². The van der Waals surface area contributed by atoms with E-state index in [1.165, 1.54) is 0 Å². The van der Waals surface area contributed by atoms with Crippen LogP contribution in [0.5, 0.6) is 0 Å². The van der Waals surface area contributed by atoms with Gasteiger partial charge in [0.1, 0.15) is 0 Å². The van der Waals surface area contributed by atoms with Crippen molar-refractivity contribution in [3.63, 3.8) is 0 Å². The van der Waals surface area contributed by atoms with Crippen LogP contribution >= 0.6 is 0 Å². The maximum Gasteiger partial charge on any atom is 0.151 e. The van der Waals surface area contributed by atoms with E-state index in [0.29, 0.717) is 25.3 Å². The lowest BCUT2D eigenvalue weighted by Crippen LogP contribution is -2.54. The van der Waals surface area contributed by atoms with E-state index in [1.807, 2.05) is 6.92 Å². The van der Waals surface area contributed by atoms with Crippen LogP contribution in [-0.2, 0) is 9.84 Å². The van der Waals surface area contributed by atoms with Gasteiger partial charge >= 0.3 is 0 Å². The highest BCUT2D eigenvalue weighted by atomic mass is 32.2. The van der Waals surface area contributed by atoms with Gasteiger partial charge in [-0.1, -0.05) is 27.7 Å². The maximum absolute atomic E-state index is 11.9. The van der Waals surface area contributed by atoms with Gasteiger partial charge < -0.3 is 5.73 Å². The number of hydrogen-bond acceptors (Lipinski definition) is 4. The molecule has 0 fully saturated rings. The third-order valence-corrected chi connectivity index (χ3v) is 5.88. The molecule has 0 aromatic rings. The van der Waals surface area contributed by atoms with Crippen molar-refractivity contribution in [2.45, 2.75) is 58.9 Å². The minimum Gasteiger partial charge on any atom is -0.329 e. The Bertz CT molecular complexity index is 316. The average molecular weight is 292 g/mol. The molecule has 0 saturated heterocycles. The number of sulfone groups is 1. The van der Waals surface area contributed by atoms with Crippen molar-refractivity contribution in [2.75, 3.05) is 31.1 Å². The van der Waals surface area contributed by atoms with Crippen LogP contribution in [0.15, 0.2) is 0 Å². The Morgan fingerprint density at radius 3 is 1.89 bits per heavy atom. The minimum absolute atomic E-state index is 0.0439. The molecule has 0 aromatic carbocycles. The topological polar surface area (TPSA) is 63.4 Å². The van der Waals surface area contributed by atoms with Gasteiger partial charge in [0, 0.05) is 24.4 Å². The van der Waals surface area contributed by atoms with Gasteiger partial charge in [0.25, 0.3) is 0 Å². The van der Waals surface area contributed by atoms with Gasteiger partial charge in [0.15, 0.2) is 9.84 Å². The van der Waals surface area contributed by atoms with Crippen molar-refractivity contribution in [3.8, 4) is 0 Å². The van der Waals surface area contributed by atoms with Gasteiger partial charge in [0.05, 0.1) is 5.75 Å². The Kier molecular flexibility index (Phi) is 8.86. The van der Waals surface area contributed by atoms with Gasteiger partial charge in [0.2, 0.25) is 0 Å². The fourth-order valence-corrected chi connectivity index (χ4v) is 3.96. The summed E-state index contributed by atoms with van der Waals surface area (Å²) in [6, 6.07) is 0. The van der Waals surface area contributed by atoms with Crippen molar-refractivity contribution in [1.29, 1.82) is 0 Å². The molecular formula is C14H32N2O2S. The van der Waals surface area contributed by atoms with Crippen LogP contribution in [0.2, 0.25) is 0 Å². The third kappa shape index (κ3) is 5.79. The van der Waals surface area contributed by atoms with Crippen LogP contribution in [0.4, 0.5) is 0 Å². The van der Waals surface area contributed by atoms with Crippen molar-refractivity contribution in [2.24, 2.45) is 5.73 Å². The summed E-state index contributed by atoms with van der Waals surface area (Å²) in [5, 5.41) is 0. The molecule has 0 radical (unpaired) electrons. The monoisotopic (exact) mass is 292 g/mol. The zero-order valence-electron chi connectivity index (χ0n) is 13.1. The van der Waals surface area contributed by atoms with Crippen molar-refractivity contribution >= 4 is 9.84 Å². The van der Waals surface area contributed by atoms with Crippen molar-refractivity contribution < 1.29 is 8.42 Å². The smallest absolute Gasteiger partial charge is 0.151 e. The first kappa shape index (κ1) is 18.9. The van der Waals surface area contributed by atoms with Crippen molar-refractivity contribution in [3.05, 3.63) is 0 Å². The molecule has 19 heavy (non-hydrogen) atoms. The van der Waals surface area contributed by atoms with Crippen LogP contribution < -0.4 is 5.73 Å². The van der Waals surface area contributed by atoms with E-state index < -0.39 is 9.84 Å². The summed E-state index contributed by atoms with van der Waals surface area (Å²) in [6.07, 6.45) is 3.65. The van der Waals surface area contributed by atoms with Gasteiger partial charge in [-0.2, -0.15) is 0 Å². The molecule has 4 nitrogen and oxygen atoms in total. The molecule has 116 valence electrons. The summed E-state index contributed by atoms with van der Waals surface area (Å²) in [5.41, 5.74) is 5.92. The fraction of sp³-hybridized carbons (Fsp3) is 1.00. The highest BCUT2D eigenvalue weighted by molar-refractivity contribution is 7.91. The van der Waals surface area contributed by atoms with Gasteiger partial charge in [-0.05, 0) is 32.2 Å². The second kappa shape index (κ2) is 8.93. The normalized spacial score (nSPS) is 13.2. The predicted octanol–water partition coefficient (Wildman–Crippen LogP) is 2.04. The summed E-state index contributed by atoms with van der Waals surface area (Å²) in [7, 11) is -2.91. The van der Waals surface area contributed by atoms with E-state index in [-0.39, 0.29) is 11.3 Å². The summed E-state index contributed by atoms with van der Waals surface area (Å²) >= 11 is 0. The molecule has 0 rings (SSSR count). The largest absolute Gasteiger partial charge is 0.329 e. The second-order valence-corrected chi connectivity index (χ2v) is 7.58. The maximum atomic E-state index is 11.9. The Morgan fingerprint density at radius 1 is 0.947 bits per heavy atom. The lowest BCUT2D eigenvalue weighted by Gasteiger charge is -2.42. The predicted molar refractivity (Wildman–Crippen MR) is 83.2 cm³/mol. The van der Waals surface area contributed by atoms with Crippen molar-refractivity contribution in [1.82, 2.24) is 4.90 Å². The first-order chi connectivity index (χ1) is 8.91. The van der Waals surface area contributed by atoms with Crippen LogP contribution in [0, 0.1) is 0 Å². The van der Waals surface area contributed by atoms with Crippen LogP contribution in [-0.4, -0.2) is 50.0 Å². The summed E-state index contributed by atoms with van der Waals surface area (Å²) < 4.78 is 23.7. The highest BCUT2D eigenvalue weighted by Gasteiger charge is 2.31. The van der Waals surface area contributed by atoms with E-state index in [9.17, 15) is 8.42 Å². The number of nitrogens with zero attached hydrogens (tertiary/aromatic N) is 1. The molecule has 5 heteroatoms. The number of nitrogens with two attached hydrogens (primary N) is 1. The van der Waals surface area contributed by atoms with E-state index in [2.05, 4.69) is 25.7 Å². The zero-order chi connectivity index (χ0) is 14.9. The van der Waals surface area contributed by atoms with E-state index >= 15 is 0 Å². The van der Waals surface area contributed by atoms with Crippen LogP contribution in [0.25, 0.3) is 0 Å². The SMILES string of the molecule is CCCN(CCS(=O)(=O)CCC)C(CC)(CC)CN. The molecule has 0 atom stereocenters. The minimum atomic E-state index is -2.91. The van der Waals surface area contributed by atoms with Gasteiger partial charge in [-0.3, -0.25) is 4.90 Å². The van der Waals surface area contributed by atoms with Crippen LogP contribution in [0.3, 0.4) is 0 Å². The lowest BCUT2D eigenvalue weighted by molar-refractivity contribution is 0.0917. The Balaban J connectivity index is 4.82. The molecule has 0 aliphatic heterocycles. The molecule has 0 aromatic heterocycles. The first-order valence-electron chi connectivity index (χ1n) is 7.56.